The van der Waals surface area contributed by atoms with Gasteiger partial charge in [0, 0.05) is 24.7 Å². The lowest BCUT2D eigenvalue weighted by atomic mass is 9.48. The molecule has 1 saturated heterocycles. The van der Waals surface area contributed by atoms with Gasteiger partial charge in [0.15, 0.2) is 0 Å². The van der Waals surface area contributed by atoms with E-state index in [1.807, 2.05) is 0 Å². The van der Waals surface area contributed by atoms with Crippen molar-refractivity contribution in [3.05, 3.63) is 29.8 Å². The first kappa shape index (κ1) is 20.5. The SMILES string of the molecule is CC(NC(=O)c1cccc(S(=O)(=O)N2CCCCC2)c1)C12CC3CC(CC(C3)C1)C2. The Hall–Kier alpha value is -1.40. The molecule has 6 heteroatoms. The number of benzene rings is 1. The molecule has 1 unspecified atom stereocenters. The Morgan fingerprint density at radius 1 is 1.03 bits per heavy atom. The van der Waals surface area contributed by atoms with Crippen LogP contribution in [-0.2, 0) is 10.0 Å². The minimum atomic E-state index is -3.53. The van der Waals surface area contributed by atoms with Crippen molar-refractivity contribution in [2.75, 3.05) is 13.1 Å². The number of hydrogen-bond donors (Lipinski definition) is 1. The molecule has 1 amide bonds. The normalized spacial score (nSPS) is 34.6. The zero-order valence-corrected chi connectivity index (χ0v) is 18.8. The fourth-order valence-corrected chi connectivity index (χ4v) is 8.76. The van der Waals surface area contributed by atoms with E-state index in [1.165, 1.54) is 38.5 Å². The van der Waals surface area contributed by atoms with E-state index in [0.717, 1.165) is 37.0 Å². The highest BCUT2D eigenvalue weighted by molar-refractivity contribution is 7.89. The molecule has 4 aliphatic carbocycles. The van der Waals surface area contributed by atoms with Crippen LogP contribution in [0.15, 0.2) is 29.2 Å². The van der Waals surface area contributed by atoms with Gasteiger partial charge in [-0.1, -0.05) is 12.5 Å². The first-order valence-electron chi connectivity index (χ1n) is 11.8. The molecule has 1 heterocycles. The standard InChI is InChI=1S/C24H34N2O3S/c1-17(24-14-18-10-19(15-24)12-20(11-18)16-24)25-23(27)21-6-5-7-22(13-21)30(28,29)26-8-3-2-4-9-26/h5-7,13,17-20H,2-4,8-12,14-16H2,1H3,(H,25,27). The van der Waals surface area contributed by atoms with Gasteiger partial charge in [-0.05, 0) is 99.7 Å². The van der Waals surface area contributed by atoms with Crippen LogP contribution < -0.4 is 5.32 Å². The van der Waals surface area contributed by atoms with Crippen molar-refractivity contribution in [1.29, 1.82) is 0 Å². The van der Waals surface area contributed by atoms with Crippen LogP contribution in [0.1, 0.15) is 75.1 Å². The summed E-state index contributed by atoms with van der Waals surface area (Å²) in [5, 5.41) is 3.26. The van der Waals surface area contributed by atoms with Gasteiger partial charge >= 0.3 is 0 Å². The average molecular weight is 431 g/mol. The molecule has 1 atom stereocenters. The van der Waals surface area contributed by atoms with Crippen molar-refractivity contribution in [2.45, 2.75) is 75.6 Å². The molecule has 0 radical (unpaired) electrons. The van der Waals surface area contributed by atoms with Gasteiger partial charge < -0.3 is 5.32 Å². The van der Waals surface area contributed by atoms with E-state index < -0.39 is 10.0 Å². The summed E-state index contributed by atoms with van der Waals surface area (Å²) in [5.74, 6) is 2.38. The van der Waals surface area contributed by atoms with Gasteiger partial charge in [0.2, 0.25) is 10.0 Å². The van der Waals surface area contributed by atoms with E-state index in [2.05, 4.69) is 12.2 Å². The third-order valence-electron chi connectivity index (χ3n) is 8.40. The smallest absolute Gasteiger partial charge is 0.251 e. The predicted octanol–water partition coefficient (Wildman–Crippen LogP) is 4.20. The third kappa shape index (κ3) is 3.60. The molecule has 0 spiro atoms. The Balaban J connectivity index is 1.31. The molecule has 6 rings (SSSR count). The minimum Gasteiger partial charge on any atom is -0.349 e. The van der Waals surface area contributed by atoms with Gasteiger partial charge in [0.05, 0.1) is 4.90 Å². The van der Waals surface area contributed by atoms with Crippen LogP contribution in [0.2, 0.25) is 0 Å². The molecule has 1 N–H and O–H groups in total. The molecule has 1 aromatic rings. The molecule has 1 aromatic carbocycles. The lowest BCUT2D eigenvalue weighted by Gasteiger charge is -2.59. The highest BCUT2D eigenvalue weighted by Gasteiger charge is 2.53. The quantitative estimate of drug-likeness (QED) is 0.761. The van der Waals surface area contributed by atoms with Crippen molar-refractivity contribution >= 4 is 15.9 Å². The Morgan fingerprint density at radius 2 is 1.63 bits per heavy atom. The van der Waals surface area contributed by atoms with Crippen LogP contribution in [0, 0.1) is 23.2 Å². The summed E-state index contributed by atoms with van der Waals surface area (Å²) in [7, 11) is -3.53. The molecule has 0 aromatic heterocycles. The zero-order chi connectivity index (χ0) is 20.9. The van der Waals surface area contributed by atoms with Gasteiger partial charge in [0.1, 0.15) is 0 Å². The number of nitrogens with one attached hydrogen (secondary N) is 1. The molecule has 4 bridgehead atoms. The maximum Gasteiger partial charge on any atom is 0.251 e. The summed E-state index contributed by atoms with van der Waals surface area (Å²) in [4.78, 5) is 13.3. The summed E-state index contributed by atoms with van der Waals surface area (Å²) in [6.45, 7) is 3.31. The monoisotopic (exact) mass is 430 g/mol. The second-order valence-corrected chi connectivity index (χ2v) is 12.4. The Morgan fingerprint density at radius 3 is 2.23 bits per heavy atom. The fraction of sp³-hybridized carbons (Fsp3) is 0.708. The number of hydrogen-bond acceptors (Lipinski definition) is 3. The van der Waals surface area contributed by atoms with Crippen molar-refractivity contribution in [3.63, 3.8) is 0 Å². The first-order valence-corrected chi connectivity index (χ1v) is 13.2. The van der Waals surface area contributed by atoms with Crippen molar-refractivity contribution < 1.29 is 13.2 Å². The Bertz CT molecular complexity index is 885. The molecule has 1 aliphatic heterocycles. The molecule has 164 valence electrons. The number of sulfonamides is 1. The molecule has 5 nitrogen and oxygen atoms in total. The topological polar surface area (TPSA) is 66.5 Å². The summed E-state index contributed by atoms with van der Waals surface area (Å²) in [6.07, 6.45) is 10.8. The highest BCUT2D eigenvalue weighted by Crippen LogP contribution is 2.61. The van der Waals surface area contributed by atoms with E-state index in [4.69, 9.17) is 0 Å². The molecule has 5 fully saturated rings. The van der Waals surface area contributed by atoms with Gasteiger partial charge in [-0.2, -0.15) is 4.31 Å². The maximum atomic E-state index is 13.1. The second-order valence-electron chi connectivity index (χ2n) is 10.5. The molecular weight excluding hydrogens is 396 g/mol. The second kappa shape index (κ2) is 7.63. The predicted molar refractivity (Wildman–Crippen MR) is 117 cm³/mol. The number of carbonyl (C=O) groups is 1. The van der Waals surface area contributed by atoms with Gasteiger partial charge in [-0.15, -0.1) is 0 Å². The van der Waals surface area contributed by atoms with Crippen LogP contribution >= 0.6 is 0 Å². The van der Waals surface area contributed by atoms with E-state index in [9.17, 15) is 13.2 Å². The molecule has 4 saturated carbocycles. The van der Waals surface area contributed by atoms with E-state index in [-0.39, 0.29) is 22.3 Å². The number of amides is 1. The number of rotatable bonds is 5. The summed E-state index contributed by atoms with van der Waals surface area (Å²) in [6, 6.07) is 6.73. The van der Waals surface area contributed by atoms with Gasteiger partial charge in [0.25, 0.3) is 5.91 Å². The van der Waals surface area contributed by atoms with Gasteiger partial charge in [-0.25, -0.2) is 8.42 Å². The van der Waals surface area contributed by atoms with Crippen molar-refractivity contribution in [3.8, 4) is 0 Å². The zero-order valence-electron chi connectivity index (χ0n) is 18.0. The molecule has 30 heavy (non-hydrogen) atoms. The Labute approximate surface area is 180 Å². The summed E-state index contributed by atoms with van der Waals surface area (Å²) in [5.41, 5.74) is 0.687. The Kier molecular flexibility index (Phi) is 5.21. The minimum absolute atomic E-state index is 0.126. The van der Waals surface area contributed by atoms with Crippen LogP contribution in [-0.4, -0.2) is 37.8 Å². The molecule has 5 aliphatic rings. The summed E-state index contributed by atoms with van der Waals surface area (Å²) < 4.78 is 27.6. The van der Waals surface area contributed by atoms with Crippen molar-refractivity contribution in [1.82, 2.24) is 9.62 Å². The van der Waals surface area contributed by atoms with Crippen LogP contribution in [0.25, 0.3) is 0 Å². The lowest BCUT2D eigenvalue weighted by molar-refractivity contribution is -0.0688. The van der Waals surface area contributed by atoms with E-state index in [1.54, 1.807) is 28.6 Å². The highest BCUT2D eigenvalue weighted by atomic mass is 32.2. The largest absolute Gasteiger partial charge is 0.349 e. The number of piperidine rings is 1. The van der Waals surface area contributed by atoms with Crippen LogP contribution in [0.5, 0.6) is 0 Å². The molecular formula is C24H34N2O3S. The lowest BCUT2D eigenvalue weighted by Crippen LogP contribution is -2.55. The van der Waals surface area contributed by atoms with Crippen LogP contribution in [0.3, 0.4) is 0 Å². The first-order chi connectivity index (χ1) is 14.4. The number of carbonyl (C=O) groups excluding carboxylic acids is 1. The summed E-state index contributed by atoms with van der Waals surface area (Å²) >= 11 is 0. The van der Waals surface area contributed by atoms with Gasteiger partial charge in [-0.3, -0.25) is 4.79 Å². The van der Waals surface area contributed by atoms with E-state index >= 15 is 0 Å². The number of nitrogens with zero attached hydrogens (tertiary/aromatic N) is 1. The third-order valence-corrected chi connectivity index (χ3v) is 10.3. The average Bonchev–Trinajstić information content (AvgIpc) is 2.73. The fourth-order valence-electron chi connectivity index (χ4n) is 7.19. The van der Waals surface area contributed by atoms with E-state index in [0.29, 0.717) is 18.7 Å². The maximum absolute atomic E-state index is 13.1. The van der Waals surface area contributed by atoms with Crippen LogP contribution in [0.4, 0.5) is 0 Å². The van der Waals surface area contributed by atoms with Crippen molar-refractivity contribution in [2.24, 2.45) is 23.2 Å².